The molecule has 0 bridgehead atoms. The minimum atomic E-state index is -3.10. The zero-order valence-corrected chi connectivity index (χ0v) is 30.4. The van der Waals surface area contributed by atoms with Crippen molar-refractivity contribution in [3.63, 3.8) is 0 Å². The van der Waals surface area contributed by atoms with Crippen LogP contribution in [0.3, 0.4) is 0 Å². The van der Waals surface area contributed by atoms with Crippen LogP contribution < -0.4 is 10.2 Å². The number of anilines is 2. The van der Waals surface area contributed by atoms with Gasteiger partial charge in [0.05, 0.1) is 48.7 Å². The second kappa shape index (κ2) is 13.6. The first kappa shape index (κ1) is 35.5. The fourth-order valence-corrected chi connectivity index (χ4v) is 11.3. The SMILES string of the molecule is C[C@H]1[C@H]([Si](C)(C)O)[C@@H](CC(=O)N2CCC[C@H]2CO)O[C@]12C(=O)N(Cc1ccc(NC(=O)Cc3c[nH]c4ccccc34)cc1)c1ccc([N+](=O)[O-])cc12. The summed E-state index contributed by atoms with van der Waals surface area (Å²) in [6.45, 7) is 5.82. The van der Waals surface area contributed by atoms with E-state index in [4.69, 9.17) is 4.74 Å². The Morgan fingerprint density at radius 3 is 2.60 bits per heavy atom. The standard InChI is InChI=1S/C38H43N5O8Si/c1-23-36(52(2,3)50)33(19-35(46)41-16-6-7-28(41)22-44)51-38(23)30-18-27(43(48)49)14-15-32(30)42(37(38)47)21-24-10-12-26(13-11-24)40-34(45)17-25-20-39-31-9-5-4-8-29(25)31/h4-5,8-15,18,20,23,28,33,36,39,44,50H,6-7,16-17,19,21-22H2,1-3H3,(H,40,45)/t23-,28-,33+,36-,38+/m0/s1. The van der Waals surface area contributed by atoms with Crippen LogP contribution in [0.5, 0.6) is 0 Å². The van der Waals surface area contributed by atoms with Crippen LogP contribution in [0.1, 0.15) is 42.9 Å². The minimum absolute atomic E-state index is 0.0880. The number of aromatic amines is 1. The maximum Gasteiger partial charge on any atom is 0.269 e. The molecule has 3 amide bonds. The van der Waals surface area contributed by atoms with Crippen LogP contribution in [-0.2, 0) is 37.7 Å². The lowest BCUT2D eigenvalue weighted by Gasteiger charge is -2.32. The van der Waals surface area contributed by atoms with Gasteiger partial charge in [0.2, 0.25) is 11.8 Å². The molecule has 3 aliphatic rings. The smallest absolute Gasteiger partial charge is 0.269 e. The van der Waals surface area contributed by atoms with Gasteiger partial charge < -0.3 is 34.7 Å². The number of fused-ring (bicyclic) bond motifs is 3. The second-order valence-corrected chi connectivity index (χ2v) is 18.7. The van der Waals surface area contributed by atoms with Gasteiger partial charge in [-0.15, -0.1) is 0 Å². The number of ether oxygens (including phenoxy) is 1. The van der Waals surface area contributed by atoms with E-state index < -0.39 is 42.3 Å². The summed E-state index contributed by atoms with van der Waals surface area (Å²) in [7, 11) is -3.10. The molecule has 1 aromatic heterocycles. The number of nitrogens with zero attached hydrogens (tertiary/aromatic N) is 3. The van der Waals surface area contributed by atoms with Crippen molar-refractivity contribution < 1.29 is 33.9 Å². The number of para-hydroxylation sites is 1. The first-order chi connectivity index (χ1) is 24.8. The molecule has 5 atom stereocenters. The third kappa shape index (κ3) is 6.19. The largest absolute Gasteiger partial charge is 0.432 e. The molecule has 0 aliphatic carbocycles. The van der Waals surface area contributed by atoms with Gasteiger partial charge in [0.1, 0.15) is 0 Å². The van der Waals surface area contributed by atoms with Crippen molar-refractivity contribution in [1.82, 2.24) is 9.88 Å². The predicted octanol–water partition coefficient (Wildman–Crippen LogP) is 4.98. The number of non-ortho nitro benzene ring substituents is 1. The van der Waals surface area contributed by atoms with Gasteiger partial charge in [-0.1, -0.05) is 37.3 Å². The first-order valence-corrected chi connectivity index (χ1v) is 20.7. The number of carbonyl (C=O) groups is 3. The number of benzene rings is 3. The molecule has 0 radical (unpaired) electrons. The molecule has 272 valence electrons. The van der Waals surface area contributed by atoms with Crippen LogP contribution in [0, 0.1) is 16.0 Å². The Morgan fingerprint density at radius 2 is 1.88 bits per heavy atom. The maximum atomic E-state index is 14.8. The van der Waals surface area contributed by atoms with Crippen molar-refractivity contribution >= 4 is 54.0 Å². The lowest BCUT2D eigenvalue weighted by atomic mass is 9.82. The number of rotatable bonds is 10. The lowest BCUT2D eigenvalue weighted by Crippen LogP contribution is -2.46. The number of likely N-dealkylation sites (tertiary alicyclic amines) is 1. The van der Waals surface area contributed by atoms with E-state index in [0.29, 0.717) is 29.9 Å². The number of aromatic nitrogens is 1. The molecular formula is C38H43N5O8Si. The molecule has 1 spiro atoms. The van der Waals surface area contributed by atoms with E-state index in [9.17, 15) is 34.4 Å². The third-order valence-electron chi connectivity index (χ3n) is 11.1. The molecule has 4 aromatic rings. The lowest BCUT2D eigenvalue weighted by molar-refractivity contribution is -0.385. The van der Waals surface area contributed by atoms with Crippen molar-refractivity contribution in [3.8, 4) is 0 Å². The van der Waals surface area contributed by atoms with Gasteiger partial charge in [0, 0.05) is 58.5 Å². The highest BCUT2D eigenvalue weighted by Gasteiger charge is 2.66. The number of nitrogens with one attached hydrogen (secondary N) is 2. The number of nitro benzene ring substituents is 1. The average Bonchev–Trinajstić information content (AvgIpc) is 3.87. The summed E-state index contributed by atoms with van der Waals surface area (Å²) in [6, 6.07) is 18.9. The van der Waals surface area contributed by atoms with Crippen molar-refractivity contribution in [2.45, 2.75) is 75.5 Å². The van der Waals surface area contributed by atoms with E-state index >= 15 is 0 Å². The van der Waals surface area contributed by atoms with Gasteiger partial charge in [0.25, 0.3) is 11.6 Å². The van der Waals surface area contributed by atoms with Crippen molar-refractivity contribution in [2.75, 3.05) is 23.4 Å². The Kier molecular flexibility index (Phi) is 9.27. The summed E-state index contributed by atoms with van der Waals surface area (Å²) in [4.78, 5) is 70.7. The van der Waals surface area contributed by atoms with Gasteiger partial charge in [-0.05, 0) is 61.3 Å². The van der Waals surface area contributed by atoms with Crippen molar-refractivity contribution in [3.05, 3.63) is 99.7 Å². The highest BCUT2D eigenvalue weighted by molar-refractivity contribution is 6.71. The Bertz CT molecular complexity index is 2040. The molecule has 0 saturated carbocycles. The van der Waals surface area contributed by atoms with E-state index in [-0.39, 0.29) is 49.5 Å². The first-order valence-electron chi connectivity index (χ1n) is 17.7. The third-order valence-corrected chi connectivity index (χ3v) is 13.6. The minimum Gasteiger partial charge on any atom is -0.432 e. The quantitative estimate of drug-likeness (QED) is 0.101. The molecule has 2 saturated heterocycles. The highest BCUT2D eigenvalue weighted by atomic mass is 28.4. The number of carbonyl (C=O) groups excluding carboxylic acids is 3. The van der Waals surface area contributed by atoms with Crippen LogP contribution >= 0.6 is 0 Å². The fraction of sp³-hybridized carbons (Fsp3) is 0.395. The predicted molar refractivity (Wildman–Crippen MR) is 197 cm³/mol. The average molecular weight is 726 g/mol. The van der Waals surface area contributed by atoms with Crippen LogP contribution in [0.25, 0.3) is 10.9 Å². The second-order valence-electron chi connectivity index (χ2n) is 14.8. The molecule has 3 aromatic carbocycles. The molecule has 3 aliphatic heterocycles. The maximum absolute atomic E-state index is 14.8. The highest BCUT2D eigenvalue weighted by Crippen LogP contribution is 2.60. The Labute approximate surface area is 301 Å². The molecule has 52 heavy (non-hydrogen) atoms. The zero-order valence-electron chi connectivity index (χ0n) is 29.4. The van der Waals surface area contributed by atoms with E-state index in [1.807, 2.05) is 49.5 Å². The number of H-pyrrole nitrogens is 1. The van der Waals surface area contributed by atoms with Gasteiger partial charge in [-0.25, -0.2) is 0 Å². The van der Waals surface area contributed by atoms with Gasteiger partial charge in [-0.3, -0.25) is 24.5 Å². The fourth-order valence-electron chi connectivity index (χ4n) is 8.71. The summed E-state index contributed by atoms with van der Waals surface area (Å²) < 4.78 is 6.74. The molecular weight excluding hydrogens is 683 g/mol. The normalized spacial score (nSPS) is 24.2. The topological polar surface area (TPSA) is 178 Å². The van der Waals surface area contributed by atoms with E-state index in [0.717, 1.165) is 28.5 Å². The summed E-state index contributed by atoms with van der Waals surface area (Å²) >= 11 is 0. The Morgan fingerprint density at radius 1 is 1.13 bits per heavy atom. The Hall–Kier alpha value is -4.89. The molecule has 0 unspecified atom stereocenters. The van der Waals surface area contributed by atoms with Crippen LogP contribution in [0.15, 0.2) is 72.9 Å². The summed E-state index contributed by atoms with van der Waals surface area (Å²) in [5.41, 5.74) is 1.58. The van der Waals surface area contributed by atoms with E-state index in [1.54, 1.807) is 41.1 Å². The summed E-state index contributed by atoms with van der Waals surface area (Å²) in [5.74, 6) is -1.42. The number of hydrogen-bond acceptors (Lipinski definition) is 8. The molecule has 7 rings (SSSR count). The number of amides is 3. The van der Waals surface area contributed by atoms with Gasteiger partial charge in [-0.2, -0.15) is 0 Å². The summed E-state index contributed by atoms with van der Waals surface area (Å²) in [6.07, 6.45) is 2.59. The molecule has 2 fully saturated rings. The van der Waals surface area contributed by atoms with Gasteiger partial charge >= 0.3 is 0 Å². The summed E-state index contributed by atoms with van der Waals surface area (Å²) in [5, 5.41) is 25.7. The zero-order chi connectivity index (χ0) is 36.9. The molecule has 13 nitrogen and oxygen atoms in total. The van der Waals surface area contributed by atoms with Gasteiger partial charge in [0.15, 0.2) is 13.9 Å². The van der Waals surface area contributed by atoms with E-state index in [2.05, 4.69) is 10.3 Å². The number of aliphatic hydroxyl groups is 1. The van der Waals surface area contributed by atoms with E-state index in [1.165, 1.54) is 12.1 Å². The van der Waals surface area contributed by atoms with Crippen LogP contribution in [0.4, 0.5) is 17.1 Å². The molecule has 4 heterocycles. The van der Waals surface area contributed by atoms with Crippen LogP contribution in [-0.4, -0.2) is 76.0 Å². The number of aliphatic hydroxyl groups excluding tert-OH is 1. The molecule has 14 heteroatoms. The number of nitro groups is 1. The van der Waals surface area contributed by atoms with Crippen molar-refractivity contribution in [1.29, 1.82) is 0 Å². The van der Waals surface area contributed by atoms with Crippen molar-refractivity contribution in [2.24, 2.45) is 5.92 Å². The monoisotopic (exact) mass is 725 g/mol. The molecule has 4 N–H and O–H groups in total. The number of hydrogen-bond donors (Lipinski definition) is 4. The Balaban J connectivity index is 1.15. The van der Waals surface area contributed by atoms with Crippen LogP contribution in [0.2, 0.25) is 18.6 Å².